The van der Waals surface area contributed by atoms with Gasteiger partial charge in [0.25, 0.3) is 0 Å². The Morgan fingerprint density at radius 1 is 1.33 bits per heavy atom. The van der Waals surface area contributed by atoms with Crippen LogP contribution in [0, 0.1) is 24.2 Å². The molecule has 3 heteroatoms. The molecule has 2 aliphatic rings. The SMILES string of the molecule is C#CCN(CC1CC1)C(=O)CCC1CCCNC1. The number of carbonyl (C=O) groups is 1. The first-order valence-electron chi connectivity index (χ1n) is 7.21. The van der Waals surface area contributed by atoms with Crippen LogP contribution in [0.5, 0.6) is 0 Å². The average molecular weight is 248 g/mol. The third kappa shape index (κ3) is 4.34. The van der Waals surface area contributed by atoms with Crippen LogP contribution in [-0.2, 0) is 4.79 Å². The molecule has 3 nitrogen and oxygen atoms in total. The van der Waals surface area contributed by atoms with Crippen LogP contribution < -0.4 is 5.32 Å². The molecule has 1 amide bonds. The van der Waals surface area contributed by atoms with E-state index in [4.69, 9.17) is 6.42 Å². The molecule has 1 unspecified atom stereocenters. The molecule has 0 radical (unpaired) electrons. The summed E-state index contributed by atoms with van der Waals surface area (Å²) in [6.45, 7) is 3.57. The molecule has 1 saturated heterocycles. The Labute approximate surface area is 110 Å². The summed E-state index contributed by atoms with van der Waals surface area (Å²) in [4.78, 5) is 14.0. The lowest BCUT2D eigenvalue weighted by Gasteiger charge is -2.24. The van der Waals surface area contributed by atoms with Gasteiger partial charge in [-0.3, -0.25) is 4.79 Å². The minimum atomic E-state index is 0.255. The highest BCUT2D eigenvalue weighted by Crippen LogP contribution is 2.30. The molecule has 2 fully saturated rings. The van der Waals surface area contributed by atoms with Crippen molar-refractivity contribution in [3.8, 4) is 12.3 Å². The fraction of sp³-hybridized carbons (Fsp3) is 0.800. The van der Waals surface area contributed by atoms with Crippen molar-refractivity contribution < 1.29 is 4.79 Å². The number of hydrogen-bond donors (Lipinski definition) is 1. The zero-order valence-corrected chi connectivity index (χ0v) is 11.2. The number of nitrogens with one attached hydrogen (secondary N) is 1. The van der Waals surface area contributed by atoms with Crippen LogP contribution in [-0.4, -0.2) is 37.0 Å². The lowest BCUT2D eigenvalue weighted by Crippen LogP contribution is -2.35. The van der Waals surface area contributed by atoms with Crippen LogP contribution in [0.25, 0.3) is 0 Å². The van der Waals surface area contributed by atoms with Crippen molar-refractivity contribution in [1.82, 2.24) is 10.2 Å². The van der Waals surface area contributed by atoms with E-state index in [1.54, 1.807) is 0 Å². The summed E-state index contributed by atoms with van der Waals surface area (Å²) in [5.74, 6) is 4.27. The fourth-order valence-corrected chi connectivity index (χ4v) is 2.63. The van der Waals surface area contributed by atoms with Gasteiger partial charge < -0.3 is 10.2 Å². The zero-order chi connectivity index (χ0) is 12.8. The number of piperidine rings is 1. The van der Waals surface area contributed by atoms with Gasteiger partial charge in [0.05, 0.1) is 6.54 Å². The van der Waals surface area contributed by atoms with E-state index in [-0.39, 0.29) is 5.91 Å². The molecule has 0 aromatic carbocycles. The second-order valence-corrected chi connectivity index (χ2v) is 5.67. The summed E-state index contributed by atoms with van der Waals surface area (Å²) in [6.07, 6.45) is 12.1. The summed E-state index contributed by atoms with van der Waals surface area (Å²) in [5, 5.41) is 3.40. The number of nitrogens with zero attached hydrogens (tertiary/aromatic N) is 1. The third-order valence-corrected chi connectivity index (χ3v) is 3.98. The van der Waals surface area contributed by atoms with Gasteiger partial charge in [-0.2, -0.15) is 0 Å². The zero-order valence-electron chi connectivity index (χ0n) is 11.2. The topological polar surface area (TPSA) is 32.3 Å². The summed E-state index contributed by atoms with van der Waals surface area (Å²) < 4.78 is 0. The van der Waals surface area contributed by atoms with E-state index in [1.807, 2.05) is 4.90 Å². The minimum Gasteiger partial charge on any atom is -0.331 e. The monoisotopic (exact) mass is 248 g/mol. The second-order valence-electron chi connectivity index (χ2n) is 5.67. The van der Waals surface area contributed by atoms with E-state index in [9.17, 15) is 4.79 Å². The van der Waals surface area contributed by atoms with Gasteiger partial charge in [0.15, 0.2) is 0 Å². The molecular weight excluding hydrogens is 224 g/mol. The lowest BCUT2D eigenvalue weighted by atomic mass is 9.94. The van der Waals surface area contributed by atoms with Crippen molar-refractivity contribution in [2.75, 3.05) is 26.2 Å². The fourth-order valence-electron chi connectivity index (χ4n) is 2.63. The Morgan fingerprint density at radius 2 is 2.17 bits per heavy atom. The molecule has 0 aromatic heterocycles. The van der Waals surface area contributed by atoms with Crippen LogP contribution in [0.4, 0.5) is 0 Å². The van der Waals surface area contributed by atoms with Gasteiger partial charge in [-0.05, 0) is 57.0 Å². The quantitative estimate of drug-likeness (QED) is 0.725. The van der Waals surface area contributed by atoms with Crippen LogP contribution in [0.2, 0.25) is 0 Å². The molecule has 1 heterocycles. The minimum absolute atomic E-state index is 0.255. The van der Waals surface area contributed by atoms with Gasteiger partial charge in [-0.1, -0.05) is 5.92 Å². The van der Waals surface area contributed by atoms with Gasteiger partial charge >= 0.3 is 0 Å². The standard InChI is InChI=1S/C15H24N2O/c1-2-10-17(12-14-5-6-14)15(18)8-7-13-4-3-9-16-11-13/h1,13-14,16H,3-12H2. The Hall–Kier alpha value is -1.01. The molecule has 1 N–H and O–H groups in total. The first kappa shape index (κ1) is 13.4. The maximum atomic E-state index is 12.1. The molecule has 0 aromatic rings. The Morgan fingerprint density at radius 3 is 2.78 bits per heavy atom. The van der Waals surface area contributed by atoms with Crippen molar-refractivity contribution in [2.24, 2.45) is 11.8 Å². The predicted octanol–water partition coefficient (Wildman–Crippen LogP) is 1.64. The molecule has 1 saturated carbocycles. The van der Waals surface area contributed by atoms with E-state index >= 15 is 0 Å². The maximum Gasteiger partial charge on any atom is 0.223 e. The van der Waals surface area contributed by atoms with Crippen LogP contribution in [0.15, 0.2) is 0 Å². The first-order chi connectivity index (χ1) is 8.79. The van der Waals surface area contributed by atoms with E-state index < -0.39 is 0 Å². The number of rotatable bonds is 6. The van der Waals surface area contributed by atoms with Crippen molar-refractivity contribution in [3.05, 3.63) is 0 Å². The third-order valence-electron chi connectivity index (χ3n) is 3.98. The largest absolute Gasteiger partial charge is 0.331 e. The smallest absolute Gasteiger partial charge is 0.223 e. The number of terminal acetylenes is 1. The highest BCUT2D eigenvalue weighted by Gasteiger charge is 2.26. The molecule has 2 rings (SSSR count). The Balaban J connectivity index is 1.71. The van der Waals surface area contributed by atoms with Crippen LogP contribution in [0.3, 0.4) is 0 Å². The van der Waals surface area contributed by atoms with E-state index in [2.05, 4.69) is 11.2 Å². The molecule has 1 atom stereocenters. The highest BCUT2D eigenvalue weighted by molar-refractivity contribution is 5.76. The summed E-state index contributed by atoms with van der Waals surface area (Å²) in [7, 11) is 0. The average Bonchev–Trinajstić information content (AvgIpc) is 3.21. The van der Waals surface area contributed by atoms with Gasteiger partial charge in [-0.15, -0.1) is 6.42 Å². The summed E-state index contributed by atoms with van der Waals surface area (Å²) in [5.41, 5.74) is 0. The lowest BCUT2D eigenvalue weighted by molar-refractivity contribution is -0.131. The Bertz CT molecular complexity index is 311. The second kappa shape index (κ2) is 6.80. The molecule has 100 valence electrons. The number of hydrogen-bond acceptors (Lipinski definition) is 2. The number of amides is 1. The summed E-state index contributed by atoms with van der Waals surface area (Å²) >= 11 is 0. The molecule has 1 aliphatic heterocycles. The predicted molar refractivity (Wildman–Crippen MR) is 73.0 cm³/mol. The van der Waals surface area contributed by atoms with Crippen LogP contribution in [0.1, 0.15) is 38.5 Å². The highest BCUT2D eigenvalue weighted by atomic mass is 16.2. The van der Waals surface area contributed by atoms with E-state index in [0.717, 1.165) is 32.0 Å². The Kier molecular flexibility index (Phi) is 5.07. The van der Waals surface area contributed by atoms with Crippen molar-refractivity contribution >= 4 is 5.91 Å². The normalized spacial score (nSPS) is 23.4. The number of carbonyl (C=O) groups excluding carboxylic acids is 1. The molecule has 0 spiro atoms. The van der Waals surface area contributed by atoms with E-state index in [0.29, 0.717) is 18.9 Å². The van der Waals surface area contributed by atoms with E-state index in [1.165, 1.54) is 25.7 Å². The maximum absolute atomic E-state index is 12.1. The van der Waals surface area contributed by atoms with Crippen molar-refractivity contribution in [1.29, 1.82) is 0 Å². The van der Waals surface area contributed by atoms with Crippen molar-refractivity contribution in [3.63, 3.8) is 0 Å². The summed E-state index contributed by atoms with van der Waals surface area (Å²) in [6, 6.07) is 0. The molecule has 1 aliphatic carbocycles. The first-order valence-corrected chi connectivity index (χ1v) is 7.21. The van der Waals surface area contributed by atoms with Crippen LogP contribution >= 0.6 is 0 Å². The van der Waals surface area contributed by atoms with Gasteiger partial charge in [-0.25, -0.2) is 0 Å². The molecule has 0 bridgehead atoms. The molecular formula is C15H24N2O. The van der Waals surface area contributed by atoms with Gasteiger partial charge in [0.1, 0.15) is 0 Å². The van der Waals surface area contributed by atoms with Gasteiger partial charge in [0.2, 0.25) is 5.91 Å². The molecule has 18 heavy (non-hydrogen) atoms. The van der Waals surface area contributed by atoms with Gasteiger partial charge in [0, 0.05) is 13.0 Å². The van der Waals surface area contributed by atoms with Crippen molar-refractivity contribution in [2.45, 2.75) is 38.5 Å².